The van der Waals surface area contributed by atoms with E-state index in [0.29, 0.717) is 12.1 Å². The van der Waals surface area contributed by atoms with Gasteiger partial charge in [0, 0.05) is 19.6 Å². The SMILES string of the molecule is NC(=O)C(c1ccc(OC(F)F)cc1)N1CCCNCC1. The summed E-state index contributed by atoms with van der Waals surface area (Å²) in [6.07, 6.45) is 0.927. The number of nitrogens with two attached hydrogens (primary N) is 1. The standard InChI is InChI=1S/C14H19F2N3O2/c15-14(16)21-11-4-2-10(3-5-11)12(13(17)20)19-8-1-6-18-7-9-19/h2-5,12,14,18H,1,6-9H2,(H2,17,20). The maximum absolute atomic E-state index is 12.1. The van der Waals surface area contributed by atoms with Crippen molar-refractivity contribution in [1.29, 1.82) is 0 Å². The van der Waals surface area contributed by atoms with Crippen molar-refractivity contribution >= 4 is 5.91 Å². The van der Waals surface area contributed by atoms with Crippen LogP contribution in [-0.2, 0) is 4.79 Å². The second-order valence-corrected chi connectivity index (χ2v) is 4.89. The summed E-state index contributed by atoms with van der Waals surface area (Å²) in [6.45, 7) is 0.303. The number of hydrogen-bond donors (Lipinski definition) is 2. The largest absolute Gasteiger partial charge is 0.435 e. The molecule has 0 radical (unpaired) electrons. The molecule has 1 heterocycles. The molecule has 2 rings (SSSR count). The minimum Gasteiger partial charge on any atom is -0.435 e. The predicted molar refractivity (Wildman–Crippen MR) is 74.1 cm³/mol. The molecule has 1 unspecified atom stereocenters. The Hall–Kier alpha value is -1.73. The molecule has 1 fully saturated rings. The fourth-order valence-electron chi connectivity index (χ4n) is 2.51. The number of benzene rings is 1. The Balaban J connectivity index is 2.15. The number of amides is 1. The van der Waals surface area contributed by atoms with Gasteiger partial charge in [0.15, 0.2) is 0 Å². The van der Waals surface area contributed by atoms with Crippen molar-refractivity contribution in [2.24, 2.45) is 5.73 Å². The van der Waals surface area contributed by atoms with Gasteiger partial charge in [0.2, 0.25) is 5.91 Å². The van der Waals surface area contributed by atoms with Crippen LogP contribution in [0.5, 0.6) is 5.75 Å². The van der Waals surface area contributed by atoms with E-state index in [1.807, 2.05) is 4.90 Å². The Kier molecular flexibility index (Phi) is 5.46. The summed E-state index contributed by atoms with van der Waals surface area (Å²) in [7, 11) is 0. The van der Waals surface area contributed by atoms with Gasteiger partial charge in [-0.1, -0.05) is 12.1 Å². The van der Waals surface area contributed by atoms with Crippen molar-refractivity contribution in [1.82, 2.24) is 10.2 Å². The molecule has 116 valence electrons. The molecule has 7 heteroatoms. The van der Waals surface area contributed by atoms with E-state index in [2.05, 4.69) is 10.1 Å². The molecule has 1 aliphatic heterocycles. The number of hydrogen-bond acceptors (Lipinski definition) is 4. The van der Waals surface area contributed by atoms with E-state index < -0.39 is 18.6 Å². The van der Waals surface area contributed by atoms with Crippen molar-refractivity contribution in [3.8, 4) is 5.75 Å². The van der Waals surface area contributed by atoms with Crippen LogP contribution in [-0.4, -0.2) is 43.6 Å². The number of nitrogens with one attached hydrogen (secondary N) is 1. The van der Waals surface area contributed by atoms with Crippen molar-refractivity contribution in [2.75, 3.05) is 26.2 Å². The lowest BCUT2D eigenvalue weighted by Gasteiger charge is -2.28. The Labute approximate surface area is 122 Å². The van der Waals surface area contributed by atoms with Gasteiger partial charge in [0.25, 0.3) is 0 Å². The summed E-state index contributed by atoms with van der Waals surface area (Å²) < 4.78 is 28.6. The third-order valence-corrected chi connectivity index (χ3v) is 3.43. The molecule has 0 spiro atoms. The van der Waals surface area contributed by atoms with E-state index in [1.165, 1.54) is 12.1 Å². The summed E-state index contributed by atoms with van der Waals surface area (Å²) in [5.41, 5.74) is 6.20. The lowest BCUT2D eigenvalue weighted by Crippen LogP contribution is -2.39. The van der Waals surface area contributed by atoms with Crippen LogP contribution < -0.4 is 15.8 Å². The van der Waals surface area contributed by atoms with Gasteiger partial charge in [0.1, 0.15) is 11.8 Å². The van der Waals surface area contributed by atoms with Gasteiger partial charge in [-0.05, 0) is 30.7 Å². The molecule has 1 atom stereocenters. The second-order valence-electron chi connectivity index (χ2n) is 4.89. The zero-order valence-electron chi connectivity index (χ0n) is 11.6. The van der Waals surface area contributed by atoms with Crippen molar-refractivity contribution in [2.45, 2.75) is 19.1 Å². The van der Waals surface area contributed by atoms with E-state index >= 15 is 0 Å². The number of nitrogens with zero attached hydrogens (tertiary/aromatic N) is 1. The van der Waals surface area contributed by atoms with Crippen LogP contribution in [0.2, 0.25) is 0 Å². The fourth-order valence-corrected chi connectivity index (χ4v) is 2.51. The highest BCUT2D eigenvalue weighted by atomic mass is 19.3. The van der Waals surface area contributed by atoms with E-state index in [-0.39, 0.29) is 5.75 Å². The molecular formula is C14H19F2N3O2. The predicted octanol–water partition coefficient (Wildman–Crippen LogP) is 1.11. The van der Waals surface area contributed by atoms with E-state index in [0.717, 1.165) is 26.1 Å². The first-order valence-corrected chi connectivity index (χ1v) is 6.87. The highest BCUT2D eigenvalue weighted by molar-refractivity contribution is 5.81. The molecule has 1 saturated heterocycles. The summed E-state index contributed by atoms with van der Waals surface area (Å²) in [6, 6.07) is 5.50. The van der Waals surface area contributed by atoms with Gasteiger partial charge in [-0.2, -0.15) is 8.78 Å². The second kappa shape index (κ2) is 7.33. The van der Waals surface area contributed by atoms with Crippen LogP contribution >= 0.6 is 0 Å². The average molecular weight is 299 g/mol. The van der Waals surface area contributed by atoms with Crippen molar-refractivity contribution < 1.29 is 18.3 Å². The zero-order chi connectivity index (χ0) is 15.2. The third kappa shape index (κ3) is 4.37. The first kappa shape index (κ1) is 15.7. The smallest absolute Gasteiger partial charge is 0.387 e. The maximum atomic E-state index is 12.1. The molecule has 0 saturated carbocycles. The highest BCUT2D eigenvalue weighted by Crippen LogP contribution is 2.24. The number of halogens is 2. The van der Waals surface area contributed by atoms with Gasteiger partial charge in [-0.15, -0.1) is 0 Å². The van der Waals surface area contributed by atoms with Gasteiger partial charge in [-0.25, -0.2) is 0 Å². The molecule has 0 bridgehead atoms. The number of rotatable bonds is 5. The van der Waals surface area contributed by atoms with Crippen LogP contribution in [0.25, 0.3) is 0 Å². The van der Waals surface area contributed by atoms with Gasteiger partial charge < -0.3 is 15.8 Å². The van der Waals surface area contributed by atoms with Gasteiger partial charge in [0.05, 0.1) is 0 Å². The summed E-state index contributed by atoms with van der Waals surface area (Å²) in [5, 5.41) is 3.26. The first-order valence-electron chi connectivity index (χ1n) is 6.87. The number of primary amides is 1. The Morgan fingerprint density at radius 2 is 1.95 bits per heavy atom. The minimum atomic E-state index is -2.86. The van der Waals surface area contributed by atoms with Crippen molar-refractivity contribution in [3.63, 3.8) is 0 Å². The number of ether oxygens (including phenoxy) is 1. The lowest BCUT2D eigenvalue weighted by molar-refractivity contribution is -0.123. The molecule has 1 aromatic carbocycles. The molecule has 3 N–H and O–H groups in total. The number of carbonyl (C=O) groups is 1. The summed E-state index contributed by atoms with van der Waals surface area (Å²) >= 11 is 0. The molecule has 0 aliphatic carbocycles. The lowest BCUT2D eigenvalue weighted by atomic mass is 10.0. The van der Waals surface area contributed by atoms with E-state index in [1.54, 1.807) is 12.1 Å². The Morgan fingerprint density at radius 3 is 2.57 bits per heavy atom. The van der Waals surface area contributed by atoms with Crippen LogP contribution in [0.4, 0.5) is 8.78 Å². The monoisotopic (exact) mass is 299 g/mol. The molecule has 1 aliphatic rings. The van der Waals surface area contributed by atoms with Crippen LogP contribution in [0.3, 0.4) is 0 Å². The quantitative estimate of drug-likeness (QED) is 0.854. The Morgan fingerprint density at radius 1 is 1.24 bits per heavy atom. The number of carbonyl (C=O) groups excluding carboxylic acids is 1. The van der Waals surface area contributed by atoms with Crippen molar-refractivity contribution in [3.05, 3.63) is 29.8 Å². The van der Waals surface area contributed by atoms with E-state index in [9.17, 15) is 13.6 Å². The molecule has 1 aromatic rings. The maximum Gasteiger partial charge on any atom is 0.387 e. The first-order chi connectivity index (χ1) is 10.1. The third-order valence-electron chi connectivity index (χ3n) is 3.43. The molecular weight excluding hydrogens is 280 g/mol. The minimum absolute atomic E-state index is 0.0644. The molecule has 0 aromatic heterocycles. The molecule has 21 heavy (non-hydrogen) atoms. The van der Waals surface area contributed by atoms with E-state index in [4.69, 9.17) is 5.73 Å². The highest BCUT2D eigenvalue weighted by Gasteiger charge is 2.26. The Bertz CT molecular complexity index is 460. The molecule has 5 nitrogen and oxygen atoms in total. The average Bonchev–Trinajstić information content (AvgIpc) is 2.69. The number of alkyl halides is 2. The molecule has 1 amide bonds. The fraction of sp³-hybridized carbons (Fsp3) is 0.500. The summed E-state index contributed by atoms with van der Waals surface area (Å²) in [5.74, 6) is -0.381. The van der Waals surface area contributed by atoms with Crippen LogP contribution in [0, 0.1) is 0 Å². The van der Waals surface area contributed by atoms with Gasteiger partial charge >= 0.3 is 6.61 Å². The normalized spacial score (nSPS) is 18.2. The zero-order valence-corrected chi connectivity index (χ0v) is 11.6. The van der Waals surface area contributed by atoms with Gasteiger partial charge in [-0.3, -0.25) is 9.69 Å². The van der Waals surface area contributed by atoms with Crippen LogP contribution in [0.1, 0.15) is 18.0 Å². The topological polar surface area (TPSA) is 67.6 Å². The van der Waals surface area contributed by atoms with Crippen LogP contribution in [0.15, 0.2) is 24.3 Å². The summed E-state index contributed by atoms with van der Waals surface area (Å²) in [4.78, 5) is 13.8.